The number of carbonyl (C=O) groups excluding carboxylic acids is 1. The van der Waals surface area contributed by atoms with Crippen LogP contribution < -0.4 is 5.32 Å². The smallest absolute Gasteiger partial charge is 0.254 e. The Kier molecular flexibility index (Phi) is 5.65. The van der Waals surface area contributed by atoms with Crippen molar-refractivity contribution in [2.45, 2.75) is 19.3 Å². The molecule has 1 aliphatic rings. The molecule has 0 spiro atoms. The molecule has 1 aliphatic heterocycles. The van der Waals surface area contributed by atoms with Gasteiger partial charge in [0.1, 0.15) is 0 Å². The number of carbonyl (C=O) groups is 1. The van der Waals surface area contributed by atoms with Gasteiger partial charge in [-0.3, -0.25) is 4.79 Å². The molecule has 0 aromatic heterocycles. The highest BCUT2D eigenvalue weighted by Gasteiger charge is 2.24. The highest BCUT2D eigenvalue weighted by Crippen LogP contribution is 2.21. The van der Waals surface area contributed by atoms with Crippen molar-refractivity contribution in [1.29, 1.82) is 0 Å². The summed E-state index contributed by atoms with van der Waals surface area (Å²) in [5.74, 6) is 0.878. The van der Waals surface area contributed by atoms with Crippen LogP contribution in [0.5, 0.6) is 0 Å². The van der Waals surface area contributed by atoms with E-state index in [1.807, 2.05) is 48.3 Å². The van der Waals surface area contributed by atoms with Crippen LogP contribution in [0.1, 0.15) is 34.3 Å². The van der Waals surface area contributed by atoms with E-state index in [2.05, 4.69) is 23.5 Å². The zero-order valence-electron chi connectivity index (χ0n) is 14.4. The molecule has 0 aliphatic carbocycles. The van der Waals surface area contributed by atoms with Gasteiger partial charge in [-0.1, -0.05) is 48.5 Å². The molecular formula is C21H26N2O. The van der Waals surface area contributed by atoms with Gasteiger partial charge in [0.15, 0.2) is 0 Å². The average Bonchev–Trinajstić information content (AvgIpc) is 2.63. The zero-order chi connectivity index (χ0) is 16.8. The third-order valence-electron chi connectivity index (χ3n) is 4.88. The molecule has 0 atom stereocenters. The van der Waals surface area contributed by atoms with E-state index in [4.69, 9.17) is 0 Å². The number of rotatable bonds is 5. The summed E-state index contributed by atoms with van der Waals surface area (Å²) in [6, 6.07) is 18.4. The fourth-order valence-electron chi connectivity index (χ4n) is 3.50. The van der Waals surface area contributed by atoms with Gasteiger partial charge < -0.3 is 10.2 Å². The lowest BCUT2D eigenvalue weighted by Crippen LogP contribution is -2.40. The van der Waals surface area contributed by atoms with Gasteiger partial charge in [0.2, 0.25) is 0 Å². The fourth-order valence-corrected chi connectivity index (χ4v) is 3.50. The van der Waals surface area contributed by atoms with Crippen molar-refractivity contribution in [3.8, 4) is 0 Å². The van der Waals surface area contributed by atoms with Gasteiger partial charge in [0.05, 0.1) is 0 Å². The van der Waals surface area contributed by atoms with E-state index in [1.165, 1.54) is 5.56 Å². The van der Waals surface area contributed by atoms with Crippen molar-refractivity contribution in [3.63, 3.8) is 0 Å². The van der Waals surface area contributed by atoms with Crippen molar-refractivity contribution >= 4 is 5.91 Å². The second kappa shape index (κ2) is 8.11. The molecule has 2 aromatic carbocycles. The Morgan fingerprint density at radius 2 is 1.71 bits per heavy atom. The van der Waals surface area contributed by atoms with E-state index >= 15 is 0 Å². The summed E-state index contributed by atoms with van der Waals surface area (Å²) in [5.41, 5.74) is 3.21. The van der Waals surface area contributed by atoms with Crippen molar-refractivity contribution in [3.05, 3.63) is 71.3 Å². The molecule has 3 nitrogen and oxygen atoms in total. The Hall–Kier alpha value is -2.13. The number of amides is 1. The molecule has 0 bridgehead atoms. The molecule has 1 heterocycles. The SMILES string of the molecule is CNCC1CCN(C(=O)c2ccccc2Cc2ccccc2)CC1. The minimum atomic E-state index is 0.185. The monoisotopic (exact) mass is 322 g/mol. The summed E-state index contributed by atoms with van der Waals surface area (Å²) in [5, 5.41) is 3.25. The fraction of sp³-hybridized carbons (Fsp3) is 0.381. The summed E-state index contributed by atoms with van der Waals surface area (Å²) >= 11 is 0. The van der Waals surface area contributed by atoms with Crippen molar-refractivity contribution in [1.82, 2.24) is 10.2 Å². The second-order valence-corrected chi connectivity index (χ2v) is 6.61. The van der Waals surface area contributed by atoms with Gasteiger partial charge in [-0.2, -0.15) is 0 Å². The first-order valence-corrected chi connectivity index (χ1v) is 8.83. The summed E-state index contributed by atoms with van der Waals surface area (Å²) < 4.78 is 0. The van der Waals surface area contributed by atoms with Crippen LogP contribution in [-0.4, -0.2) is 37.5 Å². The van der Waals surface area contributed by atoms with Gasteiger partial charge in [-0.05, 0) is 56.0 Å². The van der Waals surface area contributed by atoms with Gasteiger partial charge in [0.25, 0.3) is 5.91 Å². The maximum atomic E-state index is 13.0. The Bertz CT molecular complexity index is 661. The highest BCUT2D eigenvalue weighted by molar-refractivity contribution is 5.95. The van der Waals surface area contributed by atoms with Crippen LogP contribution in [0.4, 0.5) is 0 Å². The molecule has 24 heavy (non-hydrogen) atoms. The number of hydrogen-bond acceptors (Lipinski definition) is 2. The maximum Gasteiger partial charge on any atom is 0.254 e. The van der Waals surface area contributed by atoms with Gasteiger partial charge in [-0.15, -0.1) is 0 Å². The second-order valence-electron chi connectivity index (χ2n) is 6.61. The average molecular weight is 322 g/mol. The summed E-state index contributed by atoms with van der Waals surface area (Å²) in [7, 11) is 2.00. The van der Waals surface area contributed by atoms with Gasteiger partial charge in [-0.25, -0.2) is 0 Å². The highest BCUT2D eigenvalue weighted by atomic mass is 16.2. The third-order valence-corrected chi connectivity index (χ3v) is 4.88. The lowest BCUT2D eigenvalue weighted by atomic mass is 9.95. The molecule has 0 saturated carbocycles. The van der Waals surface area contributed by atoms with Crippen molar-refractivity contribution in [2.75, 3.05) is 26.7 Å². The van der Waals surface area contributed by atoms with Gasteiger partial charge >= 0.3 is 0 Å². The predicted octanol–water partition coefficient (Wildman–Crippen LogP) is 3.35. The Morgan fingerprint density at radius 3 is 2.42 bits per heavy atom. The number of hydrogen-bond donors (Lipinski definition) is 1. The first kappa shape index (κ1) is 16.7. The van der Waals surface area contributed by atoms with Crippen LogP contribution in [-0.2, 0) is 6.42 Å². The summed E-state index contributed by atoms with van der Waals surface area (Å²) in [6.07, 6.45) is 2.99. The van der Waals surface area contributed by atoms with Crippen LogP contribution in [0.25, 0.3) is 0 Å². The normalized spacial score (nSPS) is 15.5. The van der Waals surface area contributed by atoms with Crippen LogP contribution >= 0.6 is 0 Å². The molecule has 126 valence electrons. The molecule has 1 N–H and O–H groups in total. The molecule has 1 amide bonds. The molecule has 1 fully saturated rings. The standard InChI is InChI=1S/C21H26N2O/c1-22-16-18-11-13-23(14-12-18)21(24)20-10-6-5-9-19(20)15-17-7-3-2-4-8-17/h2-10,18,22H,11-16H2,1H3. The number of benzene rings is 2. The lowest BCUT2D eigenvalue weighted by molar-refractivity contribution is 0.0690. The molecule has 3 rings (SSSR count). The molecule has 2 aromatic rings. The van der Waals surface area contributed by atoms with E-state index in [0.717, 1.165) is 50.0 Å². The van der Waals surface area contributed by atoms with Crippen molar-refractivity contribution < 1.29 is 4.79 Å². The van der Waals surface area contributed by atoms with E-state index < -0.39 is 0 Å². The minimum Gasteiger partial charge on any atom is -0.339 e. The van der Waals surface area contributed by atoms with Crippen LogP contribution in [0.3, 0.4) is 0 Å². The van der Waals surface area contributed by atoms with E-state index in [-0.39, 0.29) is 5.91 Å². The Balaban J connectivity index is 1.71. The lowest BCUT2D eigenvalue weighted by Gasteiger charge is -2.32. The van der Waals surface area contributed by atoms with Crippen LogP contribution in [0.2, 0.25) is 0 Å². The van der Waals surface area contributed by atoms with Crippen molar-refractivity contribution in [2.24, 2.45) is 5.92 Å². The summed E-state index contributed by atoms with van der Waals surface area (Å²) in [4.78, 5) is 15.0. The Labute approximate surface area is 144 Å². The third kappa shape index (κ3) is 4.04. The Morgan fingerprint density at radius 1 is 1.04 bits per heavy atom. The van der Waals surface area contributed by atoms with E-state index in [0.29, 0.717) is 5.92 Å². The molecule has 1 saturated heterocycles. The summed E-state index contributed by atoms with van der Waals surface area (Å²) in [6.45, 7) is 2.78. The molecule has 0 radical (unpaired) electrons. The maximum absolute atomic E-state index is 13.0. The predicted molar refractivity (Wildman–Crippen MR) is 98.2 cm³/mol. The minimum absolute atomic E-state index is 0.185. The molecule has 0 unspecified atom stereocenters. The molecular weight excluding hydrogens is 296 g/mol. The molecule has 3 heteroatoms. The van der Waals surface area contributed by atoms with Crippen LogP contribution in [0, 0.1) is 5.92 Å². The topological polar surface area (TPSA) is 32.3 Å². The van der Waals surface area contributed by atoms with E-state index in [1.54, 1.807) is 0 Å². The van der Waals surface area contributed by atoms with Crippen LogP contribution in [0.15, 0.2) is 54.6 Å². The first-order chi connectivity index (χ1) is 11.8. The zero-order valence-corrected chi connectivity index (χ0v) is 14.4. The number of nitrogens with zero attached hydrogens (tertiary/aromatic N) is 1. The number of nitrogens with one attached hydrogen (secondary N) is 1. The first-order valence-electron chi connectivity index (χ1n) is 8.83. The largest absolute Gasteiger partial charge is 0.339 e. The number of piperidine rings is 1. The number of likely N-dealkylation sites (tertiary alicyclic amines) is 1. The quantitative estimate of drug-likeness (QED) is 0.915. The van der Waals surface area contributed by atoms with Gasteiger partial charge in [0, 0.05) is 18.7 Å². The van der Waals surface area contributed by atoms with E-state index in [9.17, 15) is 4.79 Å².